The van der Waals surface area contributed by atoms with E-state index in [1.165, 1.54) is 61.2 Å². The second kappa shape index (κ2) is 14.1. The lowest BCUT2D eigenvalue weighted by atomic mass is 9.70. The Balaban J connectivity index is 0.926. The fourth-order valence-corrected chi connectivity index (χ4v) is 9.91. The van der Waals surface area contributed by atoms with Crippen molar-refractivity contribution < 1.29 is 0 Å². The van der Waals surface area contributed by atoms with Gasteiger partial charge in [-0.3, -0.25) is 4.98 Å². The van der Waals surface area contributed by atoms with E-state index in [9.17, 15) is 0 Å². The van der Waals surface area contributed by atoms with Gasteiger partial charge in [-0.25, -0.2) is 9.97 Å². The second-order valence-corrected chi connectivity index (χ2v) is 15.9. The summed E-state index contributed by atoms with van der Waals surface area (Å²) in [4.78, 5) is 14.5. The highest BCUT2D eigenvalue weighted by molar-refractivity contribution is 6.00. The molecule has 2 heterocycles. The topological polar surface area (TPSA) is 38.7 Å². The van der Waals surface area contributed by atoms with Crippen LogP contribution in [-0.2, 0) is 5.41 Å². The van der Waals surface area contributed by atoms with Crippen molar-refractivity contribution in [2.75, 3.05) is 0 Å². The van der Waals surface area contributed by atoms with Gasteiger partial charge < -0.3 is 0 Å². The molecule has 2 aromatic heterocycles. The molecule has 12 rings (SSSR count). The van der Waals surface area contributed by atoms with Gasteiger partial charge in [0.25, 0.3) is 0 Å². The summed E-state index contributed by atoms with van der Waals surface area (Å²) in [5.41, 5.74) is 22.1. The van der Waals surface area contributed by atoms with Crippen LogP contribution in [0.15, 0.2) is 225 Å². The van der Waals surface area contributed by atoms with Gasteiger partial charge in [0.1, 0.15) is 0 Å². The number of fused-ring (bicyclic) bond motifs is 10. The Bertz CT molecular complexity index is 3230. The Kier molecular flexibility index (Phi) is 8.07. The minimum Gasteiger partial charge on any atom is -0.264 e. The van der Waals surface area contributed by atoms with Crippen molar-refractivity contribution >= 4 is 0 Å². The van der Waals surface area contributed by atoms with E-state index >= 15 is 0 Å². The maximum Gasteiger partial charge on any atom is 0.160 e. The first kappa shape index (κ1) is 35.0. The number of benzene rings is 8. The minimum atomic E-state index is -0.368. The summed E-state index contributed by atoms with van der Waals surface area (Å²) in [7, 11) is 0. The highest BCUT2D eigenvalue weighted by Crippen LogP contribution is 2.63. The molecule has 0 amide bonds. The monoisotopic (exact) mass is 775 g/mol. The van der Waals surface area contributed by atoms with Crippen molar-refractivity contribution in [2.45, 2.75) is 5.41 Å². The summed E-state index contributed by atoms with van der Waals surface area (Å²) in [6.07, 6.45) is 3.69. The van der Waals surface area contributed by atoms with E-state index in [0.29, 0.717) is 5.82 Å². The van der Waals surface area contributed by atoms with Crippen LogP contribution in [-0.4, -0.2) is 15.0 Å². The molecule has 0 fully saturated rings. The maximum absolute atomic E-state index is 5.11. The lowest BCUT2D eigenvalue weighted by Crippen LogP contribution is -2.25. The molecule has 3 heteroatoms. The van der Waals surface area contributed by atoms with Gasteiger partial charge in [0, 0.05) is 29.1 Å². The lowest BCUT2D eigenvalue weighted by molar-refractivity contribution is 0.794. The van der Waals surface area contributed by atoms with Gasteiger partial charge in [0.15, 0.2) is 5.82 Å². The number of rotatable bonds is 6. The summed E-state index contributed by atoms with van der Waals surface area (Å²) in [5.74, 6) is 0.699. The molecule has 8 aromatic carbocycles. The fraction of sp³-hybridized carbons (Fsp3) is 0.0172. The molecule has 0 radical (unpaired) electrons. The second-order valence-electron chi connectivity index (χ2n) is 15.9. The third-order valence-corrected chi connectivity index (χ3v) is 12.6. The summed E-state index contributed by atoms with van der Waals surface area (Å²) < 4.78 is 0. The Labute approximate surface area is 355 Å². The van der Waals surface area contributed by atoms with Gasteiger partial charge >= 0.3 is 0 Å². The van der Waals surface area contributed by atoms with Crippen LogP contribution < -0.4 is 0 Å². The molecule has 2 aliphatic carbocycles. The van der Waals surface area contributed by atoms with E-state index in [4.69, 9.17) is 9.97 Å². The molecule has 0 saturated heterocycles. The molecule has 0 atom stereocenters. The normalized spacial score (nSPS) is 12.7. The number of pyridine rings is 1. The molecule has 0 N–H and O–H groups in total. The SMILES string of the molecule is c1ccc(-c2nc(-c3ccc(-c4cccnc4)cc3)cc(-c3ccc(-c4cccc(-c5cccc6c5-c5ccccc5C65c6ccccc6-c6ccccc65)c4)cc3)n2)cc1. The Hall–Kier alpha value is -8.01. The summed E-state index contributed by atoms with van der Waals surface area (Å²) in [6.45, 7) is 0. The molecule has 10 aromatic rings. The predicted octanol–water partition coefficient (Wildman–Crippen LogP) is 14.2. The zero-order valence-electron chi connectivity index (χ0n) is 33.2. The first-order valence-corrected chi connectivity index (χ1v) is 20.8. The molecule has 1 spiro atoms. The van der Waals surface area contributed by atoms with E-state index in [2.05, 4.69) is 193 Å². The Morgan fingerprint density at radius 2 is 0.770 bits per heavy atom. The molecule has 0 saturated carbocycles. The molecule has 284 valence electrons. The van der Waals surface area contributed by atoms with Gasteiger partial charge in [-0.2, -0.15) is 0 Å². The first-order valence-electron chi connectivity index (χ1n) is 20.8. The molecule has 61 heavy (non-hydrogen) atoms. The van der Waals surface area contributed by atoms with Crippen molar-refractivity contribution in [1.82, 2.24) is 15.0 Å². The van der Waals surface area contributed by atoms with Crippen LogP contribution in [0, 0.1) is 0 Å². The van der Waals surface area contributed by atoms with Crippen LogP contribution in [0.3, 0.4) is 0 Å². The fourth-order valence-electron chi connectivity index (χ4n) is 9.91. The number of hydrogen-bond donors (Lipinski definition) is 0. The van der Waals surface area contributed by atoms with Gasteiger partial charge in [-0.15, -0.1) is 0 Å². The van der Waals surface area contributed by atoms with E-state index in [1.54, 1.807) is 6.20 Å². The summed E-state index contributed by atoms with van der Waals surface area (Å²) in [5, 5.41) is 0. The highest BCUT2D eigenvalue weighted by Gasteiger charge is 2.51. The molecular weight excluding hydrogens is 739 g/mol. The van der Waals surface area contributed by atoms with Crippen LogP contribution in [0.25, 0.3) is 89.5 Å². The highest BCUT2D eigenvalue weighted by atomic mass is 14.9. The summed E-state index contributed by atoms with van der Waals surface area (Å²) in [6, 6.07) is 76.6. The van der Waals surface area contributed by atoms with Crippen molar-refractivity contribution in [3.05, 3.63) is 247 Å². The molecule has 0 bridgehead atoms. The molecular formula is C58H37N3. The Morgan fingerprint density at radius 1 is 0.295 bits per heavy atom. The maximum atomic E-state index is 5.11. The van der Waals surface area contributed by atoms with Gasteiger partial charge in [0.2, 0.25) is 0 Å². The molecule has 3 nitrogen and oxygen atoms in total. The predicted molar refractivity (Wildman–Crippen MR) is 249 cm³/mol. The van der Waals surface area contributed by atoms with Crippen molar-refractivity contribution in [1.29, 1.82) is 0 Å². The van der Waals surface area contributed by atoms with Crippen LogP contribution in [0.1, 0.15) is 22.3 Å². The summed E-state index contributed by atoms with van der Waals surface area (Å²) >= 11 is 0. The van der Waals surface area contributed by atoms with Crippen LogP contribution >= 0.6 is 0 Å². The van der Waals surface area contributed by atoms with Crippen LogP contribution in [0.4, 0.5) is 0 Å². The van der Waals surface area contributed by atoms with Crippen LogP contribution in [0.2, 0.25) is 0 Å². The zero-order valence-corrected chi connectivity index (χ0v) is 33.2. The number of nitrogens with zero attached hydrogens (tertiary/aromatic N) is 3. The minimum absolute atomic E-state index is 0.368. The zero-order chi connectivity index (χ0) is 40.3. The largest absolute Gasteiger partial charge is 0.264 e. The van der Waals surface area contributed by atoms with Crippen LogP contribution in [0.5, 0.6) is 0 Å². The molecule has 0 unspecified atom stereocenters. The van der Waals surface area contributed by atoms with E-state index < -0.39 is 0 Å². The van der Waals surface area contributed by atoms with Gasteiger partial charge in [-0.1, -0.05) is 194 Å². The first-order chi connectivity index (χ1) is 30.2. The average Bonchev–Trinajstić information content (AvgIpc) is 3.82. The van der Waals surface area contributed by atoms with Gasteiger partial charge in [-0.05, 0) is 96.1 Å². The smallest absolute Gasteiger partial charge is 0.160 e. The number of hydrogen-bond acceptors (Lipinski definition) is 3. The van der Waals surface area contributed by atoms with Crippen molar-refractivity contribution in [3.8, 4) is 89.5 Å². The van der Waals surface area contributed by atoms with Crippen molar-refractivity contribution in [3.63, 3.8) is 0 Å². The van der Waals surface area contributed by atoms with Gasteiger partial charge in [0.05, 0.1) is 16.8 Å². The third-order valence-electron chi connectivity index (χ3n) is 12.6. The third kappa shape index (κ3) is 5.55. The van der Waals surface area contributed by atoms with E-state index in [0.717, 1.165) is 44.8 Å². The standard InChI is InChI=1S/C58H37N3/c1-2-13-42(14-3-1)57-60-54(36-55(61-57)41-32-28-39(29-33-41)45-17-12-34-59-37-45)40-30-26-38(27-31-40)43-15-10-16-44(35-43)46-21-11-25-53-56(46)49-20-6-9-24-52(49)58(53)50-22-7-4-18-47(50)48-19-5-8-23-51(48)58/h1-37H. The molecule has 0 aliphatic heterocycles. The quantitative estimate of drug-likeness (QED) is 0.169. The van der Waals surface area contributed by atoms with Crippen molar-refractivity contribution in [2.24, 2.45) is 0 Å². The average molecular weight is 776 g/mol. The Morgan fingerprint density at radius 3 is 1.41 bits per heavy atom. The molecule has 2 aliphatic rings. The van der Waals surface area contributed by atoms with E-state index in [1.807, 2.05) is 30.5 Å². The van der Waals surface area contributed by atoms with E-state index in [-0.39, 0.29) is 5.41 Å². The lowest BCUT2D eigenvalue weighted by Gasteiger charge is -2.30. The number of aromatic nitrogens is 3.